The van der Waals surface area contributed by atoms with Crippen molar-refractivity contribution in [2.24, 2.45) is 0 Å². The van der Waals surface area contributed by atoms with Gasteiger partial charge in [0.25, 0.3) is 0 Å². The topological polar surface area (TPSA) is 98.7 Å². The number of carbonyl (C=O) groups excluding carboxylic acids is 1. The molecule has 4 N–H and O–H groups in total. The van der Waals surface area contributed by atoms with Crippen LogP contribution in [0.1, 0.15) is 17.8 Å². The zero-order chi connectivity index (χ0) is 13.7. The van der Waals surface area contributed by atoms with Crippen LogP contribution in [0.2, 0.25) is 4.34 Å². The Kier molecular flexibility index (Phi) is 5.39. The van der Waals surface area contributed by atoms with Gasteiger partial charge in [-0.3, -0.25) is 0 Å². The number of thiophene rings is 1. The van der Waals surface area contributed by atoms with Gasteiger partial charge in [0.1, 0.15) is 0 Å². The third-order valence-corrected chi connectivity index (χ3v) is 3.57. The number of rotatable bonds is 5. The molecule has 1 rings (SSSR count). The van der Waals surface area contributed by atoms with Crippen molar-refractivity contribution < 1.29 is 19.8 Å². The first-order valence-corrected chi connectivity index (χ1v) is 6.29. The van der Waals surface area contributed by atoms with Crippen molar-refractivity contribution in [3.05, 3.63) is 21.3 Å². The lowest BCUT2D eigenvalue weighted by Gasteiger charge is -2.16. The largest absolute Gasteiger partial charge is 0.480 e. The number of amides is 2. The Morgan fingerprint density at radius 1 is 1.44 bits per heavy atom. The molecule has 1 aromatic heterocycles. The summed E-state index contributed by atoms with van der Waals surface area (Å²) < 4.78 is 0.609. The lowest BCUT2D eigenvalue weighted by Crippen LogP contribution is -2.48. The zero-order valence-electron chi connectivity index (χ0n) is 9.51. The highest BCUT2D eigenvalue weighted by molar-refractivity contribution is 7.16. The van der Waals surface area contributed by atoms with Gasteiger partial charge in [0.15, 0.2) is 6.04 Å². The Balaban J connectivity index is 2.52. The number of aliphatic hydroxyl groups excluding tert-OH is 1. The highest BCUT2D eigenvalue weighted by Gasteiger charge is 2.20. The molecule has 0 saturated carbocycles. The van der Waals surface area contributed by atoms with Gasteiger partial charge in [-0.05, 0) is 19.1 Å². The van der Waals surface area contributed by atoms with Gasteiger partial charge in [-0.25, -0.2) is 9.59 Å². The van der Waals surface area contributed by atoms with E-state index in [9.17, 15) is 9.59 Å². The third-order valence-electron chi connectivity index (χ3n) is 2.15. The number of halogens is 1. The first-order chi connectivity index (χ1) is 8.43. The summed E-state index contributed by atoms with van der Waals surface area (Å²) in [6.45, 7) is 1.08. The molecular weight excluding hydrogens is 280 g/mol. The summed E-state index contributed by atoms with van der Waals surface area (Å²) in [6, 6.07) is 1.22. The van der Waals surface area contributed by atoms with Gasteiger partial charge in [0, 0.05) is 4.88 Å². The lowest BCUT2D eigenvalue weighted by atomic mass is 10.3. The van der Waals surface area contributed by atoms with Crippen molar-refractivity contribution in [1.82, 2.24) is 10.6 Å². The number of carboxylic acids is 1. The predicted molar refractivity (Wildman–Crippen MR) is 67.9 cm³/mol. The van der Waals surface area contributed by atoms with E-state index in [0.29, 0.717) is 4.34 Å². The fourth-order valence-corrected chi connectivity index (χ4v) is 2.28. The number of hydrogen-bond acceptors (Lipinski definition) is 4. The second-order valence-electron chi connectivity index (χ2n) is 3.55. The van der Waals surface area contributed by atoms with Crippen molar-refractivity contribution in [3.63, 3.8) is 0 Å². The Hall–Kier alpha value is -1.31. The summed E-state index contributed by atoms with van der Waals surface area (Å²) in [4.78, 5) is 22.9. The van der Waals surface area contributed by atoms with Crippen LogP contribution in [0.15, 0.2) is 12.1 Å². The molecule has 0 fully saturated rings. The fourth-order valence-electron chi connectivity index (χ4n) is 1.21. The van der Waals surface area contributed by atoms with Crippen LogP contribution in [0.5, 0.6) is 0 Å². The summed E-state index contributed by atoms with van der Waals surface area (Å²) in [5, 5.41) is 22.1. The summed E-state index contributed by atoms with van der Waals surface area (Å²) in [7, 11) is 0. The molecule has 0 aliphatic heterocycles. The minimum Gasteiger partial charge on any atom is -0.480 e. The van der Waals surface area contributed by atoms with E-state index in [0.717, 1.165) is 4.88 Å². The molecule has 100 valence electrons. The number of aliphatic carboxylic acids is 1. The number of aliphatic hydroxyl groups is 1. The van der Waals surface area contributed by atoms with E-state index >= 15 is 0 Å². The number of carboxylic acid groups (broad SMARTS) is 1. The lowest BCUT2D eigenvalue weighted by molar-refractivity contribution is -0.140. The van der Waals surface area contributed by atoms with E-state index in [2.05, 4.69) is 10.6 Å². The molecule has 0 radical (unpaired) electrons. The van der Waals surface area contributed by atoms with Gasteiger partial charge in [0.05, 0.1) is 17.0 Å². The Morgan fingerprint density at radius 3 is 2.56 bits per heavy atom. The average molecular weight is 293 g/mol. The summed E-state index contributed by atoms with van der Waals surface area (Å²) in [5.41, 5.74) is 0. The summed E-state index contributed by atoms with van der Waals surface area (Å²) in [5.74, 6) is -1.29. The van der Waals surface area contributed by atoms with Gasteiger partial charge >= 0.3 is 12.0 Å². The second-order valence-corrected chi connectivity index (χ2v) is 5.30. The third kappa shape index (κ3) is 4.17. The molecule has 0 spiro atoms. The van der Waals surface area contributed by atoms with Crippen molar-refractivity contribution in [2.75, 3.05) is 6.61 Å². The highest BCUT2D eigenvalue weighted by atomic mass is 35.5. The van der Waals surface area contributed by atoms with E-state index in [-0.39, 0.29) is 6.04 Å². The second kappa shape index (κ2) is 6.58. The molecule has 0 bridgehead atoms. The highest BCUT2D eigenvalue weighted by Crippen LogP contribution is 2.26. The molecule has 2 atom stereocenters. The van der Waals surface area contributed by atoms with Gasteiger partial charge in [-0.15, -0.1) is 11.3 Å². The van der Waals surface area contributed by atoms with E-state index in [4.69, 9.17) is 21.8 Å². The predicted octanol–water partition coefficient (Wildman–Crippen LogP) is 1.21. The Bertz CT molecular complexity index is 437. The molecule has 1 unspecified atom stereocenters. The summed E-state index contributed by atoms with van der Waals surface area (Å²) in [6.07, 6.45) is 0. The van der Waals surface area contributed by atoms with Crippen molar-refractivity contribution in [3.8, 4) is 0 Å². The van der Waals surface area contributed by atoms with Crippen molar-refractivity contribution >= 4 is 34.9 Å². The van der Waals surface area contributed by atoms with Gasteiger partial charge in [0.2, 0.25) is 0 Å². The number of carbonyl (C=O) groups is 2. The van der Waals surface area contributed by atoms with Gasteiger partial charge in [-0.1, -0.05) is 11.6 Å². The molecule has 0 aliphatic carbocycles. The number of nitrogens with one attached hydrogen (secondary N) is 2. The maximum absolute atomic E-state index is 11.5. The Labute approximate surface area is 113 Å². The fraction of sp³-hybridized carbons (Fsp3) is 0.400. The van der Waals surface area contributed by atoms with E-state index in [1.165, 1.54) is 11.3 Å². The monoisotopic (exact) mass is 292 g/mol. The van der Waals surface area contributed by atoms with Crippen LogP contribution in [-0.2, 0) is 4.79 Å². The van der Waals surface area contributed by atoms with Crippen LogP contribution in [0, 0.1) is 0 Å². The van der Waals surface area contributed by atoms with Crippen molar-refractivity contribution in [1.29, 1.82) is 0 Å². The minimum absolute atomic E-state index is 0.296. The maximum Gasteiger partial charge on any atom is 0.328 e. The normalized spacial score (nSPS) is 13.7. The van der Waals surface area contributed by atoms with E-state index < -0.39 is 24.6 Å². The van der Waals surface area contributed by atoms with Crippen molar-refractivity contribution in [2.45, 2.75) is 19.0 Å². The molecule has 8 heteroatoms. The van der Waals surface area contributed by atoms with Crippen LogP contribution in [0.25, 0.3) is 0 Å². The SMILES string of the molecule is CC(NC(=O)N[C@@H](CO)C(=O)O)c1ccc(Cl)s1. The average Bonchev–Trinajstić information content (AvgIpc) is 2.72. The number of hydrogen-bond donors (Lipinski definition) is 4. The molecule has 1 heterocycles. The van der Waals surface area contributed by atoms with Gasteiger partial charge < -0.3 is 20.8 Å². The van der Waals surface area contributed by atoms with E-state index in [1.807, 2.05) is 0 Å². The van der Waals surface area contributed by atoms with Gasteiger partial charge in [-0.2, -0.15) is 0 Å². The van der Waals surface area contributed by atoms with E-state index in [1.54, 1.807) is 19.1 Å². The first-order valence-electron chi connectivity index (χ1n) is 5.10. The maximum atomic E-state index is 11.5. The first kappa shape index (κ1) is 14.7. The standard InChI is InChI=1S/C10H13ClN2O4S/c1-5(7-2-3-8(11)18-7)12-10(17)13-6(4-14)9(15)16/h2-3,5-6,14H,4H2,1H3,(H,15,16)(H2,12,13,17)/t5?,6-/m0/s1. The molecule has 6 nitrogen and oxygen atoms in total. The smallest absolute Gasteiger partial charge is 0.328 e. The van der Waals surface area contributed by atoms with Crippen LogP contribution in [-0.4, -0.2) is 34.9 Å². The zero-order valence-corrected chi connectivity index (χ0v) is 11.1. The molecule has 0 aromatic carbocycles. The van der Waals surface area contributed by atoms with Crippen LogP contribution >= 0.6 is 22.9 Å². The minimum atomic E-state index is -1.32. The molecule has 0 saturated heterocycles. The quantitative estimate of drug-likeness (QED) is 0.655. The summed E-state index contributed by atoms with van der Waals surface area (Å²) >= 11 is 7.09. The number of urea groups is 1. The molecular formula is C10H13ClN2O4S. The van der Waals surface area contributed by atoms with Crippen LogP contribution in [0.3, 0.4) is 0 Å². The Morgan fingerprint density at radius 2 is 2.11 bits per heavy atom. The molecule has 0 aliphatic rings. The molecule has 1 aromatic rings. The molecule has 2 amide bonds. The van der Waals surface area contributed by atoms with Crippen LogP contribution < -0.4 is 10.6 Å². The molecule has 18 heavy (non-hydrogen) atoms. The van der Waals surface area contributed by atoms with Crippen LogP contribution in [0.4, 0.5) is 4.79 Å².